The number of hydrogen-bond acceptors (Lipinski definition) is 2. The quantitative estimate of drug-likeness (QED) is 0.848. The number of benzene rings is 1. The Hall–Kier alpha value is -1.55. The predicted octanol–water partition coefficient (Wildman–Crippen LogP) is 2.93. The maximum Gasteiger partial charge on any atom is 0.226 e. The molecular formula is C15H21ClN2O2. The molecule has 4 nitrogen and oxygen atoms in total. The molecule has 1 aromatic rings. The Labute approximate surface area is 124 Å². The van der Waals surface area contributed by atoms with Crippen LogP contribution in [0.4, 0.5) is 5.69 Å². The lowest BCUT2D eigenvalue weighted by molar-refractivity contribution is -0.119. The molecule has 0 saturated heterocycles. The van der Waals surface area contributed by atoms with Crippen LogP contribution < -0.4 is 10.6 Å². The second kappa shape index (κ2) is 7.90. The fraction of sp³-hybridized carbons (Fsp3) is 0.467. The lowest BCUT2D eigenvalue weighted by atomic mass is 10.0. The van der Waals surface area contributed by atoms with E-state index in [4.69, 9.17) is 11.6 Å². The fourth-order valence-corrected chi connectivity index (χ4v) is 2.31. The van der Waals surface area contributed by atoms with Gasteiger partial charge in [-0.05, 0) is 30.0 Å². The van der Waals surface area contributed by atoms with Crippen LogP contribution in [0.5, 0.6) is 0 Å². The van der Waals surface area contributed by atoms with Crippen LogP contribution in [0, 0.1) is 0 Å². The maximum atomic E-state index is 11.9. The Morgan fingerprint density at radius 3 is 2.45 bits per heavy atom. The third-order valence-corrected chi connectivity index (χ3v) is 3.42. The van der Waals surface area contributed by atoms with Gasteiger partial charge in [-0.15, -0.1) is 0 Å². The van der Waals surface area contributed by atoms with E-state index < -0.39 is 0 Å². The highest BCUT2D eigenvalue weighted by Crippen LogP contribution is 2.29. The van der Waals surface area contributed by atoms with Gasteiger partial charge in [0, 0.05) is 30.6 Å². The van der Waals surface area contributed by atoms with E-state index in [2.05, 4.69) is 10.6 Å². The highest BCUT2D eigenvalue weighted by molar-refractivity contribution is 6.32. The molecule has 5 heteroatoms. The first-order valence-electron chi connectivity index (χ1n) is 6.84. The van der Waals surface area contributed by atoms with Crippen molar-refractivity contribution < 1.29 is 9.59 Å². The summed E-state index contributed by atoms with van der Waals surface area (Å²) in [6.07, 6.45) is 1.83. The van der Waals surface area contributed by atoms with Crippen LogP contribution in [0.1, 0.15) is 38.3 Å². The van der Waals surface area contributed by atoms with Crippen LogP contribution >= 0.6 is 11.6 Å². The van der Waals surface area contributed by atoms with Crippen molar-refractivity contribution in [3.05, 3.63) is 28.3 Å². The highest BCUT2D eigenvalue weighted by Gasteiger charge is 2.13. The van der Waals surface area contributed by atoms with E-state index in [1.807, 2.05) is 26.0 Å². The molecule has 0 heterocycles. The number of halogens is 1. The van der Waals surface area contributed by atoms with Gasteiger partial charge in [0.2, 0.25) is 11.8 Å². The molecule has 0 aliphatic heterocycles. The summed E-state index contributed by atoms with van der Waals surface area (Å²) in [6, 6.07) is 3.80. The van der Waals surface area contributed by atoms with Crippen molar-refractivity contribution in [3.63, 3.8) is 0 Å². The molecule has 0 saturated carbocycles. The minimum Gasteiger partial charge on any atom is -0.356 e. The van der Waals surface area contributed by atoms with E-state index in [0.717, 1.165) is 29.7 Å². The van der Waals surface area contributed by atoms with E-state index in [1.54, 1.807) is 0 Å². The van der Waals surface area contributed by atoms with Crippen molar-refractivity contribution in [2.45, 2.75) is 40.0 Å². The summed E-state index contributed by atoms with van der Waals surface area (Å²) < 4.78 is 0. The largest absolute Gasteiger partial charge is 0.356 e. The molecule has 0 aliphatic carbocycles. The number of amides is 2. The van der Waals surface area contributed by atoms with Gasteiger partial charge in [0.25, 0.3) is 0 Å². The fourth-order valence-electron chi connectivity index (χ4n) is 2.02. The van der Waals surface area contributed by atoms with Crippen LogP contribution in [-0.4, -0.2) is 18.4 Å². The van der Waals surface area contributed by atoms with E-state index >= 15 is 0 Å². The maximum absolute atomic E-state index is 11.9. The van der Waals surface area contributed by atoms with Crippen LogP contribution in [0.15, 0.2) is 12.1 Å². The lowest BCUT2D eigenvalue weighted by Gasteiger charge is -2.16. The second-order valence-electron chi connectivity index (χ2n) is 4.55. The van der Waals surface area contributed by atoms with E-state index in [-0.39, 0.29) is 18.2 Å². The van der Waals surface area contributed by atoms with Gasteiger partial charge in [-0.2, -0.15) is 0 Å². The Balaban J connectivity index is 2.82. The van der Waals surface area contributed by atoms with Gasteiger partial charge in [0.05, 0.1) is 0 Å². The van der Waals surface area contributed by atoms with Crippen LogP contribution in [0.3, 0.4) is 0 Å². The number of carbonyl (C=O) groups is 2. The van der Waals surface area contributed by atoms with E-state index in [9.17, 15) is 9.59 Å². The second-order valence-corrected chi connectivity index (χ2v) is 4.96. The smallest absolute Gasteiger partial charge is 0.226 e. The van der Waals surface area contributed by atoms with Gasteiger partial charge < -0.3 is 10.6 Å². The average Bonchev–Trinajstić information content (AvgIpc) is 2.39. The molecule has 1 rings (SSSR count). The molecule has 0 aliphatic rings. The zero-order chi connectivity index (χ0) is 15.1. The van der Waals surface area contributed by atoms with Crippen molar-refractivity contribution in [2.75, 3.05) is 11.9 Å². The molecule has 110 valence electrons. The molecule has 0 unspecified atom stereocenters. The summed E-state index contributed by atoms with van der Waals surface area (Å²) in [5.74, 6) is -0.255. The molecule has 0 atom stereocenters. The first kappa shape index (κ1) is 16.5. The lowest BCUT2D eigenvalue weighted by Crippen LogP contribution is -2.25. The molecular weight excluding hydrogens is 276 g/mol. The zero-order valence-corrected chi connectivity index (χ0v) is 12.9. The van der Waals surface area contributed by atoms with E-state index in [1.165, 1.54) is 6.92 Å². The molecule has 20 heavy (non-hydrogen) atoms. The summed E-state index contributed by atoms with van der Waals surface area (Å²) in [5.41, 5.74) is 2.84. The number of nitrogens with one attached hydrogen (secondary N) is 2. The van der Waals surface area contributed by atoms with E-state index in [0.29, 0.717) is 11.6 Å². The summed E-state index contributed by atoms with van der Waals surface area (Å²) in [4.78, 5) is 22.7. The van der Waals surface area contributed by atoms with Gasteiger partial charge in [-0.3, -0.25) is 9.59 Å². The monoisotopic (exact) mass is 296 g/mol. The van der Waals surface area contributed by atoms with Crippen LogP contribution in [-0.2, 0) is 22.4 Å². The van der Waals surface area contributed by atoms with Crippen LogP contribution in [0.25, 0.3) is 0 Å². The molecule has 0 spiro atoms. The summed E-state index contributed by atoms with van der Waals surface area (Å²) >= 11 is 6.18. The van der Waals surface area contributed by atoms with Gasteiger partial charge >= 0.3 is 0 Å². The molecule has 0 fully saturated rings. The SMILES string of the molecule is CCc1ccc(Cl)c(CC)c1NC(=O)CCNC(C)=O. The standard InChI is InChI=1S/C15H21ClN2O2/c1-4-11-6-7-13(16)12(5-2)15(11)18-14(20)8-9-17-10(3)19/h6-7H,4-5,8-9H2,1-3H3,(H,17,19)(H,18,20). The minimum atomic E-state index is -0.135. The summed E-state index contributed by atoms with van der Waals surface area (Å²) in [5, 5.41) is 6.19. The minimum absolute atomic E-state index is 0.120. The van der Waals surface area contributed by atoms with Gasteiger partial charge in [-0.25, -0.2) is 0 Å². The first-order chi connectivity index (χ1) is 9.49. The molecule has 0 radical (unpaired) electrons. The van der Waals surface area contributed by atoms with Crippen molar-refractivity contribution in [3.8, 4) is 0 Å². The van der Waals surface area contributed by atoms with Gasteiger partial charge in [0.1, 0.15) is 0 Å². The molecule has 2 amide bonds. The Kier molecular flexibility index (Phi) is 6.52. The Morgan fingerprint density at radius 2 is 1.90 bits per heavy atom. The highest BCUT2D eigenvalue weighted by atomic mass is 35.5. The summed E-state index contributed by atoms with van der Waals surface area (Å²) in [6.45, 7) is 5.81. The van der Waals surface area contributed by atoms with Crippen LogP contribution in [0.2, 0.25) is 5.02 Å². The zero-order valence-electron chi connectivity index (χ0n) is 12.2. The first-order valence-corrected chi connectivity index (χ1v) is 7.21. The van der Waals surface area contributed by atoms with Gasteiger partial charge in [0.15, 0.2) is 0 Å². The van der Waals surface area contributed by atoms with Crippen molar-refractivity contribution in [2.24, 2.45) is 0 Å². The third-order valence-electron chi connectivity index (χ3n) is 3.07. The number of hydrogen-bond donors (Lipinski definition) is 2. The Bertz CT molecular complexity index is 501. The van der Waals surface area contributed by atoms with Crippen molar-refractivity contribution >= 4 is 29.1 Å². The van der Waals surface area contributed by atoms with Crippen molar-refractivity contribution in [1.82, 2.24) is 5.32 Å². The topological polar surface area (TPSA) is 58.2 Å². The molecule has 0 bridgehead atoms. The molecule has 2 N–H and O–H groups in total. The number of carbonyl (C=O) groups excluding carboxylic acids is 2. The predicted molar refractivity (Wildman–Crippen MR) is 82.1 cm³/mol. The average molecular weight is 297 g/mol. The number of anilines is 1. The number of rotatable bonds is 6. The Morgan fingerprint density at radius 1 is 1.20 bits per heavy atom. The molecule has 0 aromatic heterocycles. The number of aryl methyl sites for hydroxylation is 1. The summed E-state index contributed by atoms with van der Waals surface area (Å²) in [7, 11) is 0. The third kappa shape index (κ3) is 4.53. The molecule has 1 aromatic carbocycles. The van der Waals surface area contributed by atoms with Crippen molar-refractivity contribution in [1.29, 1.82) is 0 Å². The van der Waals surface area contributed by atoms with Gasteiger partial charge in [-0.1, -0.05) is 31.5 Å². The normalized spacial score (nSPS) is 10.2.